The number of hydrogen-bond acceptors (Lipinski definition) is 2. The van der Waals surface area contributed by atoms with E-state index in [4.69, 9.17) is 0 Å². The largest absolute Gasteiger partial charge is 0.265 e. The van der Waals surface area contributed by atoms with Gasteiger partial charge in [0.1, 0.15) is 0 Å². The molecule has 0 spiro atoms. The monoisotopic (exact) mass is 322 g/mol. The highest BCUT2D eigenvalue weighted by Crippen LogP contribution is 2.19. The second-order valence-corrected chi connectivity index (χ2v) is 6.87. The van der Waals surface area contributed by atoms with Crippen molar-refractivity contribution in [3.63, 3.8) is 0 Å². The summed E-state index contributed by atoms with van der Waals surface area (Å²) in [6.45, 7) is 14.3. The third-order valence-electron chi connectivity index (χ3n) is 4.64. The maximum absolute atomic E-state index is 4.58. The Morgan fingerprint density at radius 3 is 1.29 bits per heavy atom. The van der Waals surface area contributed by atoms with Crippen LogP contribution in [0.25, 0.3) is 0 Å². The summed E-state index contributed by atoms with van der Waals surface area (Å²) in [6, 6.07) is 8.85. The Labute approximate surface area is 144 Å². The van der Waals surface area contributed by atoms with Gasteiger partial charge >= 0.3 is 0 Å². The first kappa shape index (κ1) is 16.5. The van der Waals surface area contributed by atoms with E-state index in [9.17, 15) is 0 Å². The van der Waals surface area contributed by atoms with Crippen molar-refractivity contribution in [2.45, 2.75) is 54.6 Å². The molecule has 0 fully saturated rings. The molecule has 3 aromatic rings. The fraction of sp³-hybridized carbons (Fsp3) is 0.400. The Morgan fingerprint density at radius 1 is 0.625 bits per heavy atom. The number of aromatic nitrogens is 4. The number of hydrogen-bond donors (Lipinski definition) is 0. The highest BCUT2D eigenvalue weighted by atomic mass is 15.3. The number of aryl methyl sites for hydroxylation is 6. The normalized spacial score (nSPS) is 11.2. The third-order valence-corrected chi connectivity index (χ3v) is 4.64. The van der Waals surface area contributed by atoms with E-state index in [-0.39, 0.29) is 0 Å². The SMILES string of the molecule is Cc1cc(C)n(Cc2cc(C)c(Cn3nc(C)cc3C)cc2C)n1. The molecule has 0 radical (unpaired) electrons. The summed E-state index contributed by atoms with van der Waals surface area (Å²) in [4.78, 5) is 0. The predicted molar refractivity (Wildman–Crippen MR) is 97.5 cm³/mol. The van der Waals surface area contributed by atoms with E-state index in [0.29, 0.717) is 0 Å². The molecule has 0 aliphatic carbocycles. The van der Waals surface area contributed by atoms with Crippen LogP contribution in [0, 0.1) is 41.5 Å². The van der Waals surface area contributed by atoms with Crippen molar-refractivity contribution in [1.29, 1.82) is 0 Å². The summed E-state index contributed by atoms with van der Waals surface area (Å²) >= 11 is 0. The molecule has 4 heteroatoms. The Hall–Kier alpha value is -2.36. The first-order valence-corrected chi connectivity index (χ1v) is 8.44. The van der Waals surface area contributed by atoms with Gasteiger partial charge in [0.15, 0.2) is 0 Å². The summed E-state index contributed by atoms with van der Waals surface area (Å²) in [7, 11) is 0. The standard InChI is InChI=1S/C20H26N4/c1-13-7-20(12-24-18(6)10-16(4)22-24)14(2)8-19(13)11-23-17(5)9-15(3)21-23/h7-10H,11-12H2,1-6H3. The quantitative estimate of drug-likeness (QED) is 0.727. The fourth-order valence-electron chi connectivity index (χ4n) is 3.27. The van der Waals surface area contributed by atoms with E-state index >= 15 is 0 Å². The Bertz CT molecular complexity index is 809. The molecule has 0 atom stereocenters. The van der Waals surface area contributed by atoms with Gasteiger partial charge in [-0.05, 0) is 75.9 Å². The van der Waals surface area contributed by atoms with Crippen LogP contribution in [0.3, 0.4) is 0 Å². The van der Waals surface area contributed by atoms with E-state index in [1.54, 1.807) is 0 Å². The van der Waals surface area contributed by atoms with Crippen LogP contribution in [0.2, 0.25) is 0 Å². The van der Waals surface area contributed by atoms with Gasteiger partial charge in [-0.2, -0.15) is 10.2 Å². The van der Waals surface area contributed by atoms with Crippen molar-refractivity contribution in [1.82, 2.24) is 19.6 Å². The molecule has 4 nitrogen and oxygen atoms in total. The summed E-state index contributed by atoms with van der Waals surface area (Å²) < 4.78 is 4.16. The molecule has 0 saturated heterocycles. The molecule has 0 N–H and O–H groups in total. The second kappa shape index (κ2) is 6.27. The zero-order valence-corrected chi connectivity index (χ0v) is 15.5. The van der Waals surface area contributed by atoms with Gasteiger partial charge in [-0.3, -0.25) is 9.36 Å². The van der Waals surface area contributed by atoms with Crippen molar-refractivity contribution in [3.05, 3.63) is 69.3 Å². The maximum atomic E-state index is 4.58. The maximum Gasteiger partial charge on any atom is 0.0665 e. The lowest BCUT2D eigenvalue weighted by Crippen LogP contribution is -2.09. The lowest BCUT2D eigenvalue weighted by atomic mass is 9.99. The van der Waals surface area contributed by atoms with Gasteiger partial charge < -0.3 is 0 Å². The van der Waals surface area contributed by atoms with Gasteiger partial charge in [0.05, 0.1) is 24.5 Å². The zero-order chi connectivity index (χ0) is 17.4. The molecular weight excluding hydrogens is 296 g/mol. The first-order chi connectivity index (χ1) is 11.3. The average molecular weight is 322 g/mol. The Morgan fingerprint density at radius 2 is 1.00 bits per heavy atom. The van der Waals surface area contributed by atoms with Crippen molar-refractivity contribution >= 4 is 0 Å². The van der Waals surface area contributed by atoms with E-state index in [1.165, 1.54) is 33.6 Å². The number of nitrogens with zero attached hydrogens (tertiary/aromatic N) is 4. The highest BCUT2D eigenvalue weighted by molar-refractivity contribution is 5.38. The average Bonchev–Trinajstić information content (AvgIpc) is 2.97. The van der Waals surface area contributed by atoms with Crippen molar-refractivity contribution in [2.75, 3.05) is 0 Å². The van der Waals surface area contributed by atoms with Crippen LogP contribution in [0.5, 0.6) is 0 Å². The van der Waals surface area contributed by atoms with Crippen molar-refractivity contribution < 1.29 is 0 Å². The minimum atomic E-state index is 0.826. The number of benzene rings is 1. The topological polar surface area (TPSA) is 35.6 Å². The van der Waals surface area contributed by atoms with Crippen LogP contribution in [0.1, 0.15) is 45.0 Å². The molecule has 0 bridgehead atoms. The van der Waals surface area contributed by atoms with Gasteiger partial charge in [-0.25, -0.2) is 0 Å². The van der Waals surface area contributed by atoms with Crippen LogP contribution in [-0.2, 0) is 13.1 Å². The van der Waals surface area contributed by atoms with E-state index in [0.717, 1.165) is 24.5 Å². The fourth-order valence-corrected chi connectivity index (χ4v) is 3.27. The molecule has 0 amide bonds. The molecule has 0 aliphatic heterocycles. The summed E-state index contributed by atoms with van der Waals surface area (Å²) in [5, 5.41) is 9.17. The molecule has 2 aromatic heterocycles. The molecule has 0 saturated carbocycles. The highest BCUT2D eigenvalue weighted by Gasteiger charge is 2.10. The minimum Gasteiger partial charge on any atom is -0.265 e. The molecule has 1 aromatic carbocycles. The second-order valence-electron chi connectivity index (χ2n) is 6.87. The van der Waals surface area contributed by atoms with Crippen LogP contribution in [-0.4, -0.2) is 19.6 Å². The summed E-state index contributed by atoms with van der Waals surface area (Å²) in [5.41, 5.74) is 9.83. The molecular formula is C20H26N4. The van der Waals surface area contributed by atoms with E-state index < -0.39 is 0 Å². The van der Waals surface area contributed by atoms with Crippen LogP contribution >= 0.6 is 0 Å². The lowest BCUT2D eigenvalue weighted by Gasteiger charge is -2.14. The van der Waals surface area contributed by atoms with Gasteiger partial charge in [-0.1, -0.05) is 12.1 Å². The summed E-state index contributed by atoms with van der Waals surface area (Å²) in [5.74, 6) is 0. The zero-order valence-electron chi connectivity index (χ0n) is 15.5. The minimum absolute atomic E-state index is 0.826. The van der Waals surface area contributed by atoms with E-state index in [2.05, 4.69) is 71.5 Å². The summed E-state index contributed by atoms with van der Waals surface area (Å²) in [6.07, 6.45) is 0. The third kappa shape index (κ3) is 3.28. The Balaban J connectivity index is 1.88. The molecule has 24 heavy (non-hydrogen) atoms. The van der Waals surface area contributed by atoms with Crippen molar-refractivity contribution in [3.8, 4) is 0 Å². The van der Waals surface area contributed by atoms with Gasteiger partial charge in [0, 0.05) is 11.4 Å². The van der Waals surface area contributed by atoms with Gasteiger partial charge in [0.2, 0.25) is 0 Å². The molecule has 3 rings (SSSR count). The molecule has 0 unspecified atom stereocenters. The molecule has 2 heterocycles. The predicted octanol–water partition coefficient (Wildman–Crippen LogP) is 4.03. The van der Waals surface area contributed by atoms with Crippen LogP contribution < -0.4 is 0 Å². The Kier molecular flexibility index (Phi) is 4.31. The van der Waals surface area contributed by atoms with E-state index in [1.807, 2.05) is 13.8 Å². The van der Waals surface area contributed by atoms with Crippen LogP contribution in [0.15, 0.2) is 24.3 Å². The smallest absolute Gasteiger partial charge is 0.0665 e. The number of rotatable bonds is 4. The van der Waals surface area contributed by atoms with Crippen LogP contribution in [0.4, 0.5) is 0 Å². The molecule has 126 valence electrons. The van der Waals surface area contributed by atoms with Crippen molar-refractivity contribution in [2.24, 2.45) is 0 Å². The lowest BCUT2D eigenvalue weighted by molar-refractivity contribution is 0.647. The first-order valence-electron chi connectivity index (χ1n) is 8.44. The molecule has 0 aliphatic rings. The van der Waals surface area contributed by atoms with Gasteiger partial charge in [0.25, 0.3) is 0 Å². The van der Waals surface area contributed by atoms with Gasteiger partial charge in [-0.15, -0.1) is 0 Å².